The van der Waals surface area contributed by atoms with Gasteiger partial charge in [-0.3, -0.25) is 0 Å². The number of benzene rings is 1. The lowest BCUT2D eigenvalue weighted by Gasteiger charge is -2.12. The molecule has 0 saturated heterocycles. The van der Waals surface area contributed by atoms with Crippen molar-refractivity contribution in [3.63, 3.8) is 0 Å². The van der Waals surface area contributed by atoms with E-state index < -0.39 is 10.0 Å². The lowest BCUT2D eigenvalue weighted by molar-refractivity contribution is 0.0626. The average Bonchev–Trinajstić information content (AvgIpc) is 2.88. The van der Waals surface area contributed by atoms with Gasteiger partial charge in [0.05, 0.1) is 17.6 Å². The predicted octanol–water partition coefficient (Wildman–Crippen LogP) is 2.69. The number of sulfonamides is 1. The quantitative estimate of drug-likeness (QED) is 0.805. The fourth-order valence-corrected chi connectivity index (χ4v) is 4.21. The summed E-state index contributed by atoms with van der Waals surface area (Å²) in [6.45, 7) is 0.731. The third-order valence-corrected chi connectivity index (χ3v) is 5.65. The van der Waals surface area contributed by atoms with E-state index in [9.17, 15) is 8.42 Å². The van der Waals surface area contributed by atoms with Crippen molar-refractivity contribution in [3.05, 3.63) is 28.7 Å². The van der Waals surface area contributed by atoms with Gasteiger partial charge in [0, 0.05) is 11.0 Å². The van der Waals surface area contributed by atoms with Gasteiger partial charge in [0.15, 0.2) is 0 Å². The van der Waals surface area contributed by atoms with Crippen LogP contribution in [0.25, 0.3) is 0 Å². The maximum Gasteiger partial charge on any atom is 0.241 e. The van der Waals surface area contributed by atoms with E-state index in [0.29, 0.717) is 23.7 Å². The first kappa shape index (κ1) is 15.0. The van der Waals surface area contributed by atoms with E-state index in [2.05, 4.69) is 20.7 Å². The summed E-state index contributed by atoms with van der Waals surface area (Å²) in [5.74, 6) is 0. The SMILES string of the molecule is O=S(=O)(NCCOC1CCCC1)c1ccccc1Br. The van der Waals surface area contributed by atoms with Gasteiger partial charge in [-0.05, 0) is 40.9 Å². The van der Waals surface area contributed by atoms with E-state index in [1.165, 1.54) is 12.8 Å². The van der Waals surface area contributed by atoms with Crippen molar-refractivity contribution in [2.24, 2.45) is 0 Å². The molecule has 0 amide bonds. The van der Waals surface area contributed by atoms with Gasteiger partial charge in [-0.2, -0.15) is 0 Å². The number of ether oxygens (including phenoxy) is 1. The van der Waals surface area contributed by atoms with Gasteiger partial charge in [0.25, 0.3) is 0 Å². The van der Waals surface area contributed by atoms with Crippen LogP contribution in [0.15, 0.2) is 33.6 Å². The first-order valence-electron chi connectivity index (χ1n) is 6.45. The molecular weight excluding hydrogens is 330 g/mol. The predicted molar refractivity (Wildman–Crippen MR) is 77.5 cm³/mol. The van der Waals surface area contributed by atoms with Crippen LogP contribution in [-0.4, -0.2) is 27.7 Å². The Hall–Kier alpha value is -0.430. The van der Waals surface area contributed by atoms with E-state index in [1.54, 1.807) is 24.3 Å². The molecule has 1 aliphatic carbocycles. The Morgan fingerprint density at radius 2 is 1.95 bits per heavy atom. The number of rotatable bonds is 6. The number of halogens is 1. The molecule has 19 heavy (non-hydrogen) atoms. The Labute approximate surface area is 122 Å². The largest absolute Gasteiger partial charge is 0.377 e. The molecule has 0 aromatic heterocycles. The first-order valence-corrected chi connectivity index (χ1v) is 8.73. The molecule has 0 unspecified atom stereocenters. The molecule has 0 heterocycles. The highest BCUT2D eigenvalue weighted by molar-refractivity contribution is 9.10. The van der Waals surface area contributed by atoms with Crippen LogP contribution in [0.1, 0.15) is 25.7 Å². The van der Waals surface area contributed by atoms with Crippen LogP contribution in [0, 0.1) is 0 Å². The van der Waals surface area contributed by atoms with Gasteiger partial charge < -0.3 is 4.74 Å². The summed E-state index contributed by atoms with van der Waals surface area (Å²) in [4.78, 5) is 0.260. The molecule has 2 rings (SSSR count). The van der Waals surface area contributed by atoms with Gasteiger partial charge in [-0.25, -0.2) is 13.1 Å². The summed E-state index contributed by atoms with van der Waals surface area (Å²) >= 11 is 3.24. The highest BCUT2D eigenvalue weighted by atomic mass is 79.9. The fraction of sp³-hybridized carbons (Fsp3) is 0.538. The van der Waals surface area contributed by atoms with E-state index in [-0.39, 0.29) is 4.90 Å². The normalized spacial score (nSPS) is 16.9. The lowest BCUT2D eigenvalue weighted by Crippen LogP contribution is -2.28. The number of nitrogens with one attached hydrogen (secondary N) is 1. The van der Waals surface area contributed by atoms with E-state index in [4.69, 9.17) is 4.74 Å². The van der Waals surface area contributed by atoms with Crippen molar-refractivity contribution < 1.29 is 13.2 Å². The molecule has 0 spiro atoms. The summed E-state index contributed by atoms with van der Waals surface area (Å²) in [7, 11) is -3.46. The molecule has 4 nitrogen and oxygen atoms in total. The second-order valence-corrected chi connectivity index (χ2v) is 7.20. The molecular formula is C13H18BrNO3S. The van der Waals surface area contributed by atoms with Gasteiger partial charge in [-0.15, -0.1) is 0 Å². The lowest BCUT2D eigenvalue weighted by atomic mass is 10.3. The molecule has 1 N–H and O–H groups in total. The molecule has 0 bridgehead atoms. The Morgan fingerprint density at radius 1 is 1.26 bits per heavy atom. The Kier molecular flexibility index (Phi) is 5.38. The second kappa shape index (κ2) is 6.83. The first-order chi connectivity index (χ1) is 9.09. The highest BCUT2D eigenvalue weighted by Crippen LogP contribution is 2.21. The maximum absolute atomic E-state index is 12.1. The van der Waals surface area contributed by atoms with Crippen molar-refractivity contribution >= 4 is 26.0 Å². The van der Waals surface area contributed by atoms with Gasteiger partial charge in [0.1, 0.15) is 0 Å². The molecule has 6 heteroatoms. The standard InChI is InChI=1S/C13H18BrNO3S/c14-12-7-3-4-8-13(12)19(16,17)15-9-10-18-11-5-1-2-6-11/h3-4,7-8,11,15H,1-2,5-6,9-10H2. The molecule has 0 radical (unpaired) electrons. The minimum absolute atomic E-state index is 0.260. The second-order valence-electron chi connectivity index (χ2n) is 4.61. The third-order valence-electron chi connectivity index (χ3n) is 3.18. The molecule has 1 aromatic rings. The van der Waals surface area contributed by atoms with Gasteiger partial charge in [0.2, 0.25) is 10.0 Å². The molecule has 0 atom stereocenters. The topological polar surface area (TPSA) is 55.4 Å². The monoisotopic (exact) mass is 347 g/mol. The summed E-state index contributed by atoms with van der Waals surface area (Å²) in [6.07, 6.45) is 4.93. The molecule has 106 valence electrons. The van der Waals surface area contributed by atoms with Crippen LogP contribution in [0.3, 0.4) is 0 Å². The number of hydrogen-bond donors (Lipinski definition) is 1. The zero-order chi connectivity index (χ0) is 13.7. The van der Waals surface area contributed by atoms with Crippen molar-refractivity contribution in [2.45, 2.75) is 36.7 Å². The van der Waals surface area contributed by atoms with E-state index >= 15 is 0 Å². The van der Waals surface area contributed by atoms with E-state index in [1.807, 2.05) is 0 Å². The highest BCUT2D eigenvalue weighted by Gasteiger charge is 2.18. The van der Waals surface area contributed by atoms with Crippen molar-refractivity contribution in [1.82, 2.24) is 4.72 Å². The van der Waals surface area contributed by atoms with Crippen LogP contribution in [-0.2, 0) is 14.8 Å². The average molecular weight is 348 g/mol. The summed E-state index contributed by atoms with van der Waals surface area (Å²) in [6, 6.07) is 6.77. The Balaban J connectivity index is 1.82. The molecule has 0 aliphatic heterocycles. The molecule has 1 aliphatic rings. The summed E-state index contributed by atoms with van der Waals surface area (Å²) < 4.78 is 32.9. The van der Waals surface area contributed by atoms with Crippen molar-refractivity contribution in [1.29, 1.82) is 0 Å². The molecule has 1 saturated carbocycles. The smallest absolute Gasteiger partial charge is 0.241 e. The van der Waals surface area contributed by atoms with Crippen LogP contribution >= 0.6 is 15.9 Å². The van der Waals surface area contributed by atoms with Crippen molar-refractivity contribution in [3.8, 4) is 0 Å². The molecule has 1 aromatic carbocycles. The van der Waals surface area contributed by atoms with Crippen LogP contribution in [0.5, 0.6) is 0 Å². The summed E-state index contributed by atoms with van der Waals surface area (Å²) in [5.41, 5.74) is 0. The van der Waals surface area contributed by atoms with Crippen LogP contribution in [0.2, 0.25) is 0 Å². The summed E-state index contributed by atoms with van der Waals surface area (Å²) in [5, 5.41) is 0. The maximum atomic E-state index is 12.1. The van der Waals surface area contributed by atoms with Crippen molar-refractivity contribution in [2.75, 3.05) is 13.2 Å². The zero-order valence-electron chi connectivity index (χ0n) is 10.6. The Bertz CT molecular complexity index is 512. The zero-order valence-corrected chi connectivity index (χ0v) is 13.0. The number of hydrogen-bond acceptors (Lipinski definition) is 3. The van der Waals surface area contributed by atoms with Gasteiger partial charge >= 0.3 is 0 Å². The Morgan fingerprint density at radius 3 is 2.63 bits per heavy atom. The van der Waals surface area contributed by atoms with Crippen LogP contribution < -0.4 is 4.72 Å². The van der Waals surface area contributed by atoms with Crippen LogP contribution in [0.4, 0.5) is 0 Å². The third kappa shape index (κ3) is 4.27. The van der Waals surface area contributed by atoms with Gasteiger partial charge in [-0.1, -0.05) is 25.0 Å². The minimum atomic E-state index is -3.46. The minimum Gasteiger partial charge on any atom is -0.377 e. The van der Waals surface area contributed by atoms with E-state index in [0.717, 1.165) is 12.8 Å². The fourth-order valence-electron chi connectivity index (χ4n) is 2.20. The molecule has 1 fully saturated rings.